The summed E-state index contributed by atoms with van der Waals surface area (Å²) < 4.78 is 1.05. The molecule has 4 aromatic rings. The second-order valence-electron chi connectivity index (χ2n) is 5.85. The van der Waals surface area contributed by atoms with E-state index in [1.165, 1.54) is 28.7 Å². The number of nitrogens with zero attached hydrogens (tertiary/aromatic N) is 3. The molecule has 2 aromatic heterocycles. The summed E-state index contributed by atoms with van der Waals surface area (Å²) in [5.74, 6) is 0.815. The summed E-state index contributed by atoms with van der Waals surface area (Å²) in [6.07, 6.45) is 1.00. The number of hydrogen-bond acceptors (Lipinski definition) is 6. The minimum absolute atomic E-state index is 0.121. The molecule has 0 atom stereocenters. The fraction of sp³-hybridized carbons (Fsp3) is 0.158. The van der Waals surface area contributed by atoms with Crippen LogP contribution in [0.5, 0.6) is 0 Å². The van der Waals surface area contributed by atoms with Gasteiger partial charge in [0.1, 0.15) is 0 Å². The summed E-state index contributed by atoms with van der Waals surface area (Å²) in [5, 5.41) is 12.3. The van der Waals surface area contributed by atoms with Crippen molar-refractivity contribution in [3.63, 3.8) is 0 Å². The number of thioether (sulfide) groups is 1. The molecule has 8 heteroatoms. The fourth-order valence-electron chi connectivity index (χ4n) is 2.55. The lowest BCUT2D eigenvalue weighted by atomic mass is 10.1. The van der Waals surface area contributed by atoms with Gasteiger partial charge < -0.3 is 10.3 Å². The monoisotopic (exact) mass is 395 g/mol. The number of amides is 1. The lowest BCUT2D eigenvalue weighted by molar-refractivity contribution is -0.113. The average molecular weight is 396 g/mol. The van der Waals surface area contributed by atoms with Crippen LogP contribution >= 0.6 is 23.1 Å². The Bertz CT molecular complexity index is 1040. The number of anilines is 1. The number of para-hydroxylation sites is 1. The number of aryl methyl sites for hydroxylation is 1. The van der Waals surface area contributed by atoms with Crippen LogP contribution in [0.1, 0.15) is 12.5 Å². The van der Waals surface area contributed by atoms with E-state index in [-0.39, 0.29) is 11.7 Å². The van der Waals surface area contributed by atoms with E-state index in [9.17, 15) is 4.79 Å². The van der Waals surface area contributed by atoms with Gasteiger partial charge in [0.05, 0.1) is 16.0 Å². The maximum atomic E-state index is 12.2. The van der Waals surface area contributed by atoms with Crippen LogP contribution in [0, 0.1) is 0 Å². The van der Waals surface area contributed by atoms with E-state index < -0.39 is 0 Å². The Morgan fingerprint density at radius 2 is 1.96 bits per heavy atom. The molecule has 0 saturated heterocycles. The predicted octanol–water partition coefficient (Wildman–Crippen LogP) is 4.37. The van der Waals surface area contributed by atoms with E-state index in [1.54, 1.807) is 0 Å². The van der Waals surface area contributed by atoms with Gasteiger partial charge in [-0.25, -0.2) is 4.98 Å². The average Bonchev–Trinajstić information content (AvgIpc) is 3.33. The number of fused-ring (bicyclic) bond motifs is 1. The Hall–Kier alpha value is -2.71. The Balaban J connectivity index is 1.35. The molecule has 0 saturated carbocycles. The van der Waals surface area contributed by atoms with E-state index in [1.807, 2.05) is 36.4 Å². The van der Waals surface area contributed by atoms with E-state index in [0.717, 1.165) is 22.2 Å². The van der Waals surface area contributed by atoms with Crippen LogP contribution < -0.4 is 5.32 Å². The van der Waals surface area contributed by atoms with Crippen molar-refractivity contribution in [2.45, 2.75) is 18.5 Å². The van der Waals surface area contributed by atoms with Crippen molar-refractivity contribution >= 4 is 44.4 Å². The molecule has 1 amide bonds. The fourth-order valence-corrected chi connectivity index (χ4v) is 4.04. The van der Waals surface area contributed by atoms with Crippen LogP contribution in [-0.2, 0) is 11.2 Å². The molecular formula is C19H17N5OS2. The molecule has 6 nitrogen and oxygen atoms in total. The molecule has 0 unspecified atom stereocenters. The van der Waals surface area contributed by atoms with Crippen LogP contribution in [-0.4, -0.2) is 31.8 Å². The van der Waals surface area contributed by atoms with Crippen molar-refractivity contribution in [2.24, 2.45) is 0 Å². The van der Waals surface area contributed by atoms with Gasteiger partial charge in [0.25, 0.3) is 0 Å². The third-order valence-electron chi connectivity index (χ3n) is 3.98. The zero-order valence-electron chi connectivity index (χ0n) is 14.6. The van der Waals surface area contributed by atoms with Crippen molar-refractivity contribution in [1.82, 2.24) is 20.2 Å². The van der Waals surface area contributed by atoms with Crippen molar-refractivity contribution in [3.05, 3.63) is 54.1 Å². The third kappa shape index (κ3) is 4.17. The minimum Gasteiger partial charge on any atom is -0.316 e. The predicted molar refractivity (Wildman–Crippen MR) is 110 cm³/mol. The van der Waals surface area contributed by atoms with Crippen molar-refractivity contribution in [1.29, 1.82) is 0 Å². The first-order valence-corrected chi connectivity index (χ1v) is 10.3. The Morgan fingerprint density at radius 3 is 2.74 bits per heavy atom. The Labute approximate surface area is 164 Å². The molecule has 136 valence electrons. The lowest BCUT2D eigenvalue weighted by Gasteiger charge is -2.00. The normalized spacial score (nSPS) is 11.0. The standard InChI is InChI=1S/C19H17N5OS2/c1-2-12-7-9-13(10-8-12)17-22-19(24-23-17)26-11-16(25)21-18-20-14-5-3-4-6-15(14)27-18/h3-10H,2,11H2,1H3,(H,20,21,25)(H,22,23,24). The highest BCUT2D eigenvalue weighted by atomic mass is 32.2. The molecule has 2 heterocycles. The van der Waals surface area contributed by atoms with Crippen LogP contribution in [0.25, 0.3) is 21.6 Å². The maximum absolute atomic E-state index is 12.2. The zero-order valence-corrected chi connectivity index (χ0v) is 16.2. The number of benzene rings is 2. The first kappa shape index (κ1) is 17.7. The quantitative estimate of drug-likeness (QED) is 0.474. The van der Waals surface area contributed by atoms with Gasteiger partial charge in [-0.1, -0.05) is 66.4 Å². The second kappa shape index (κ2) is 7.89. The summed E-state index contributed by atoms with van der Waals surface area (Å²) in [6, 6.07) is 16.0. The van der Waals surface area contributed by atoms with Gasteiger partial charge in [-0.2, -0.15) is 0 Å². The smallest absolute Gasteiger partial charge is 0.236 e. The van der Waals surface area contributed by atoms with Gasteiger partial charge in [-0.05, 0) is 24.1 Å². The molecular weight excluding hydrogens is 378 g/mol. The van der Waals surface area contributed by atoms with Gasteiger partial charge in [-0.3, -0.25) is 4.79 Å². The summed E-state index contributed by atoms with van der Waals surface area (Å²) >= 11 is 2.78. The largest absolute Gasteiger partial charge is 0.316 e. The number of carbonyl (C=O) groups is 1. The minimum atomic E-state index is -0.121. The van der Waals surface area contributed by atoms with E-state index in [4.69, 9.17) is 0 Å². The number of hydrogen-bond donors (Lipinski definition) is 2. The van der Waals surface area contributed by atoms with Gasteiger partial charge in [0, 0.05) is 5.56 Å². The number of carbonyl (C=O) groups excluding carboxylic acids is 1. The van der Waals surface area contributed by atoms with Crippen LogP contribution in [0.3, 0.4) is 0 Å². The molecule has 0 radical (unpaired) electrons. The molecule has 0 spiro atoms. The van der Waals surface area contributed by atoms with Crippen LogP contribution in [0.2, 0.25) is 0 Å². The number of nitrogens with one attached hydrogen (secondary N) is 2. The van der Waals surface area contributed by atoms with Crippen LogP contribution in [0.15, 0.2) is 53.7 Å². The lowest BCUT2D eigenvalue weighted by Crippen LogP contribution is -2.13. The SMILES string of the molecule is CCc1ccc(-c2nnc(SCC(=O)Nc3nc4ccccc4s3)[nH]2)cc1. The molecule has 0 fully saturated rings. The highest BCUT2D eigenvalue weighted by Gasteiger charge is 2.11. The molecule has 2 aromatic carbocycles. The summed E-state index contributed by atoms with van der Waals surface area (Å²) in [4.78, 5) is 19.7. The van der Waals surface area contributed by atoms with Crippen molar-refractivity contribution in [2.75, 3.05) is 11.1 Å². The molecule has 0 bridgehead atoms. The molecule has 4 rings (SSSR count). The van der Waals surface area contributed by atoms with E-state index >= 15 is 0 Å². The molecule has 0 aliphatic carbocycles. The molecule has 27 heavy (non-hydrogen) atoms. The number of thiazole rings is 1. The third-order valence-corrected chi connectivity index (χ3v) is 5.80. The summed E-state index contributed by atoms with van der Waals surface area (Å²) in [7, 11) is 0. The Kier molecular flexibility index (Phi) is 5.17. The van der Waals surface area contributed by atoms with E-state index in [2.05, 4.69) is 44.5 Å². The second-order valence-corrected chi connectivity index (χ2v) is 7.85. The number of aromatic amines is 1. The van der Waals surface area contributed by atoms with Gasteiger partial charge >= 0.3 is 0 Å². The number of aromatic nitrogens is 4. The van der Waals surface area contributed by atoms with Gasteiger partial charge in [-0.15, -0.1) is 10.2 Å². The van der Waals surface area contributed by atoms with Crippen molar-refractivity contribution < 1.29 is 4.79 Å². The first-order valence-electron chi connectivity index (χ1n) is 8.51. The highest BCUT2D eigenvalue weighted by molar-refractivity contribution is 7.99. The highest BCUT2D eigenvalue weighted by Crippen LogP contribution is 2.26. The topological polar surface area (TPSA) is 83.6 Å². The van der Waals surface area contributed by atoms with E-state index in [0.29, 0.717) is 16.1 Å². The Morgan fingerprint density at radius 1 is 1.15 bits per heavy atom. The van der Waals surface area contributed by atoms with Crippen LogP contribution in [0.4, 0.5) is 5.13 Å². The molecule has 0 aliphatic heterocycles. The van der Waals surface area contributed by atoms with Crippen molar-refractivity contribution in [3.8, 4) is 11.4 Å². The maximum Gasteiger partial charge on any atom is 0.236 e. The summed E-state index contributed by atoms with van der Waals surface area (Å²) in [5.41, 5.74) is 3.14. The number of rotatable bonds is 6. The first-order chi connectivity index (χ1) is 13.2. The summed E-state index contributed by atoms with van der Waals surface area (Å²) in [6.45, 7) is 2.12. The van der Waals surface area contributed by atoms with Gasteiger partial charge in [0.2, 0.25) is 5.91 Å². The zero-order chi connectivity index (χ0) is 18.6. The molecule has 0 aliphatic rings. The number of H-pyrrole nitrogens is 1. The van der Waals surface area contributed by atoms with Gasteiger partial charge in [0.15, 0.2) is 16.1 Å². The molecule has 2 N–H and O–H groups in total.